The lowest BCUT2D eigenvalue weighted by Gasteiger charge is -2.37. The average molecular weight is 278 g/mol. The molecule has 6 heteroatoms. The van der Waals surface area contributed by atoms with E-state index in [2.05, 4.69) is 15.2 Å². The Hall–Kier alpha value is -1.37. The molecule has 2 aliphatic rings. The number of H-pyrrole nitrogens is 1. The van der Waals surface area contributed by atoms with Crippen molar-refractivity contribution in [3.05, 3.63) is 24.0 Å². The number of piperazine rings is 1. The minimum Gasteiger partial charge on any atom is -0.379 e. The van der Waals surface area contributed by atoms with Crippen molar-refractivity contribution in [3.8, 4) is 0 Å². The van der Waals surface area contributed by atoms with Gasteiger partial charge in [-0.3, -0.25) is 9.69 Å². The van der Waals surface area contributed by atoms with E-state index in [0.717, 1.165) is 45.0 Å². The Labute approximate surface area is 119 Å². The number of hydrogen-bond acceptors (Lipinski definition) is 4. The van der Waals surface area contributed by atoms with Crippen molar-refractivity contribution in [3.63, 3.8) is 0 Å². The highest BCUT2D eigenvalue weighted by Crippen LogP contribution is 2.23. The maximum atomic E-state index is 12.9. The first-order valence-electron chi connectivity index (χ1n) is 7.31. The molecule has 110 valence electrons. The summed E-state index contributed by atoms with van der Waals surface area (Å²) in [5.74, 6) is 0.204. The Bertz CT molecular complexity index is 422. The van der Waals surface area contributed by atoms with Crippen molar-refractivity contribution >= 4 is 5.91 Å². The largest absolute Gasteiger partial charge is 0.379 e. The number of ether oxygens (including phenoxy) is 1. The van der Waals surface area contributed by atoms with Crippen LogP contribution in [0, 0.1) is 0 Å². The zero-order valence-corrected chi connectivity index (χ0v) is 11.7. The van der Waals surface area contributed by atoms with Gasteiger partial charge in [-0.15, -0.1) is 0 Å². The van der Waals surface area contributed by atoms with Crippen LogP contribution in [0.2, 0.25) is 0 Å². The van der Waals surface area contributed by atoms with E-state index < -0.39 is 0 Å². The molecule has 0 aliphatic carbocycles. The summed E-state index contributed by atoms with van der Waals surface area (Å²) in [6, 6.07) is 3.75. The monoisotopic (exact) mass is 278 g/mol. The van der Waals surface area contributed by atoms with Gasteiger partial charge in [-0.05, 0) is 12.1 Å². The Morgan fingerprint density at radius 1 is 1.20 bits per heavy atom. The van der Waals surface area contributed by atoms with Crippen molar-refractivity contribution in [1.82, 2.24) is 20.1 Å². The van der Waals surface area contributed by atoms with Crippen LogP contribution in [0.3, 0.4) is 0 Å². The molecule has 0 spiro atoms. The van der Waals surface area contributed by atoms with Gasteiger partial charge in [0.05, 0.1) is 13.2 Å². The Kier molecular flexibility index (Phi) is 4.34. The molecule has 3 heterocycles. The first kappa shape index (κ1) is 13.6. The van der Waals surface area contributed by atoms with Crippen LogP contribution >= 0.6 is 0 Å². The second-order valence-corrected chi connectivity index (χ2v) is 5.25. The van der Waals surface area contributed by atoms with Gasteiger partial charge in [-0.2, -0.15) is 0 Å². The average Bonchev–Trinajstić information content (AvgIpc) is 3.03. The van der Waals surface area contributed by atoms with Crippen LogP contribution in [-0.2, 0) is 9.53 Å². The molecule has 3 rings (SSSR count). The number of carbonyl (C=O) groups is 1. The third-order valence-electron chi connectivity index (χ3n) is 3.99. The summed E-state index contributed by atoms with van der Waals surface area (Å²) in [6.07, 6.45) is 1.88. The molecule has 1 aromatic heterocycles. The molecule has 0 bridgehead atoms. The third kappa shape index (κ3) is 2.87. The summed E-state index contributed by atoms with van der Waals surface area (Å²) in [5.41, 5.74) is 0.982. The van der Waals surface area contributed by atoms with Crippen molar-refractivity contribution < 1.29 is 9.53 Å². The zero-order chi connectivity index (χ0) is 13.8. The van der Waals surface area contributed by atoms with E-state index in [0.29, 0.717) is 13.2 Å². The smallest absolute Gasteiger partial charge is 0.246 e. The van der Waals surface area contributed by atoms with Gasteiger partial charge in [-0.1, -0.05) is 0 Å². The Morgan fingerprint density at radius 2 is 1.95 bits per heavy atom. The number of carbonyl (C=O) groups excluding carboxylic acids is 1. The van der Waals surface area contributed by atoms with E-state index in [-0.39, 0.29) is 11.9 Å². The highest BCUT2D eigenvalue weighted by Gasteiger charge is 2.33. The van der Waals surface area contributed by atoms with Gasteiger partial charge < -0.3 is 19.9 Å². The van der Waals surface area contributed by atoms with Gasteiger partial charge in [-0.25, -0.2) is 0 Å². The fourth-order valence-electron chi connectivity index (χ4n) is 2.89. The minimum atomic E-state index is -0.202. The number of nitrogens with zero attached hydrogens (tertiary/aromatic N) is 2. The summed E-state index contributed by atoms with van der Waals surface area (Å²) in [5, 5.41) is 3.29. The van der Waals surface area contributed by atoms with Crippen LogP contribution in [0.4, 0.5) is 0 Å². The van der Waals surface area contributed by atoms with Crippen LogP contribution < -0.4 is 5.32 Å². The lowest BCUT2D eigenvalue weighted by atomic mass is 10.1. The molecule has 2 aliphatic heterocycles. The minimum absolute atomic E-state index is 0.202. The highest BCUT2D eigenvalue weighted by atomic mass is 16.5. The number of hydrogen-bond donors (Lipinski definition) is 2. The predicted molar refractivity (Wildman–Crippen MR) is 75.4 cm³/mol. The topological polar surface area (TPSA) is 60.6 Å². The van der Waals surface area contributed by atoms with E-state index >= 15 is 0 Å². The molecule has 0 saturated carbocycles. The first-order valence-corrected chi connectivity index (χ1v) is 7.31. The molecular formula is C14H22N4O2. The molecule has 0 aromatic carbocycles. The second kappa shape index (κ2) is 6.39. The van der Waals surface area contributed by atoms with Crippen molar-refractivity contribution in [2.75, 3.05) is 52.5 Å². The molecule has 0 radical (unpaired) electrons. The predicted octanol–water partition coefficient (Wildman–Crippen LogP) is -0.180. The molecule has 2 saturated heterocycles. The number of nitrogens with one attached hydrogen (secondary N) is 2. The van der Waals surface area contributed by atoms with E-state index in [1.165, 1.54) is 0 Å². The van der Waals surface area contributed by atoms with Gasteiger partial charge in [0.15, 0.2) is 0 Å². The van der Waals surface area contributed by atoms with Crippen molar-refractivity contribution in [2.24, 2.45) is 0 Å². The second-order valence-electron chi connectivity index (χ2n) is 5.25. The maximum Gasteiger partial charge on any atom is 0.246 e. The van der Waals surface area contributed by atoms with E-state index in [1.807, 2.05) is 23.2 Å². The van der Waals surface area contributed by atoms with Gasteiger partial charge in [0.1, 0.15) is 6.04 Å². The van der Waals surface area contributed by atoms with Crippen molar-refractivity contribution in [2.45, 2.75) is 6.04 Å². The van der Waals surface area contributed by atoms with Gasteiger partial charge in [0.2, 0.25) is 5.91 Å². The third-order valence-corrected chi connectivity index (χ3v) is 3.99. The number of rotatable bonds is 3. The molecule has 2 N–H and O–H groups in total. The molecule has 1 atom stereocenters. The molecule has 1 unspecified atom stereocenters. The molecule has 2 fully saturated rings. The molecule has 6 nitrogen and oxygen atoms in total. The maximum absolute atomic E-state index is 12.9. The van der Waals surface area contributed by atoms with E-state index in [4.69, 9.17) is 4.74 Å². The van der Waals surface area contributed by atoms with Crippen LogP contribution in [0.1, 0.15) is 11.7 Å². The fraction of sp³-hybridized carbons (Fsp3) is 0.643. The standard InChI is InChI=1S/C14H22N4O2/c19-14(18-6-4-15-5-7-18)13(12-2-1-3-16-12)17-8-10-20-11-9-17/h1-3,13,15-16H,4-11H2. The zero-order valence-electron chi connectivity index (χ0n) is 11.7. The summed E-state index contributed by atoms with van der Waals surface area (Å²) in [7, 11) is 0. The Morgan fingerprint density at radius 3 is 2.60 bits per heavy atom. The number of aromatic nitrogens is 1. The Balaban J connectivity index is 1.78. The first-order chi connectivity index (χ1) is 9.86. The van der Waals surface area contributed by atoms with Crippen LogP contribution in [0.15, 0.2) is 18.3 Å². The fourth-order valence-corrected chi connectivity index (χ4v) is 2.89. The quantitative estimate of drug-likeness (QED) is 0.805. The summed E-state index contributed by atoms with van der Waals surface area (Å²) >= 11 is 0. The molecule has 1 aromatic rings. The SMILES string of the molecule is O=C(C(c1ccc[nH]1)N1CCOCC1)N1CCNCC1. The van der Waals surface area contributed by atoms with Crippen LogP contribution in [0.5, 0.6) is 0 Å². The number of amides is 1. The van der Waals surface area contributed by atoms with Gasteiger partial charge in [0, 0.05) is 51.2 Å². The molecule has 1 amide bonds. The number of morpholine rings is 1. The van der Waals surface area contributed by atoms with E-state index in [1.54, 1.807) is 0 Å². The van der Waals surface area contributed by atoms with Gasteiger partial charge >= 0.3 is 0 Å². The molecule has 20 heavy (non-hydrogen) atoms. The lowest BCUT2D eigenvalue weighted by Crippen LogP contribution is -2.52. The number of aromatic amines is 1. The molecular weight excluding hydrogens is 256 g/mol. The van der Waals surface area contributed by atoms with Gasteiger partial charge in [0.25, 0.3) is 0 Å². The van der Waals surface area contributed by atoms with Crippen LogP contribution in [-0.4, -0.2) is 73.2 Å². The summed E-state index contributed by atoms with van der Waals surface area (Å²) < 4.78 is 5.41. The normalized spacial score (nSPS) is 22.7. The van der Waals surface area contributed by atoms with Crippen LogP contribution in [0.25, 0.3) is 0 Å². The highest BCUT2D eigenvalue weighted by molar-refractivity contribution is 5.83. The summed E-state index contributed by atoms with van der Waals surface area (Å²) in [4.78, 5) is 20.3. The lowest BCUT2D eigenvalue weighted by molar-refractivity contribution is -0.139. The van der Waals surface area contributed by atoms with E-state index in [9.17, 15) is 4.79 Å². The van der Waals surface area contributed by atoms with Crippen molar-refractivity contribution in [1.29, 1.82) is 0 Å². The summed E-state index contributed by atoms with van der Waals surface area (Å²) in [6.45, 7) is 6.36.